The second-order valence-electron chi connectivity index (χ2n) is 23.6. The van der Waals surface area contributed by atoms with Crippen LogP contribution < -0.4 is 0 Å². The first-order valence-electron chi connectivity index (χ1n) is 24.0. The highest BCUT2D eigenvalue weighted by atomic mass is 16.6. The zero-order valence-electron chi connectivity index (χ0n) is 38.2. The van der Waals surface area contributed by atoms with E-state index in [2.05, 4.69) is 55.4 Å². The van der Waals surface area contributed by atoms with Gasteiger partial charge in [0.2, 0.25) is 0 Å². The summed E-state index contributed by atoms with van der Waals surface area (Å²) >= 11 is 0. The van der Waals surface area contributed by atoms with Gasteiger partial charge < -0.3 is 24.4 Å². The van der Waals surface area contributed by atoms with Crippen molar-refractivity contribution in [1.82, 2.24) is 0 Å². The summed E-state index contributed by atoms with van der Waals surface area (Å²) in [5, 5.41) is 21.9. The number of esters is 2. The summed E-state index contributed by atoms with van der Waals surface area (Å²) in [6, 6.07) is 0. The van der Waals surface area contributed by atoms with Gasteiger partial charge in [0.25, 0.3) is 0 Å². The fraction of sp³-hybridized carbons (Fsp3) is 0.960. The molecule has 6 aliphatic carbocycles. The highest BCUT2D eigenvalue weighted by Gasteiger charge is 2.61. The van der Waals surface area contributed by atoms with E-state index in [1.54, 1.807) is 0 Å². The molecule has 2 N–H and O–H groups in total. The highest BCUT2D eigenvalue weighted by Crippen LogP contribution is 2.66. The molecule has 6 fully saturated rings. The van der Waals surface area contributed by atoms with Crippen molar-refractivity contribution in [3.63, 3.8) is 0 Å². The smallest absolute Gasteiger partial charge is 0.312 e. The zero-order valence-corrected chi connectivity index (χ0v) is 38.2. The molecule has 0 aliphatic heterocycles. The first-order valence-corrected chi connectivity index (χ1v) is 24.0. The van der Waals surface area contributed by atoms with Gasteiger partial charge in [0.15, 0.2) is 0 Å². The maximum absolute atomic E-state index is 13.9. The second kappa shape index (κ2) is 17.7. The predicted octanol–water partition coefficient (Wildman–Crippen LogP) is 10.8. The van der Waals surface area contributed by atoms with E-state index in [4.69, 9.17) is 14.2 Å². The van der Waals surface area contributed by atoms with E-state index < -0.39 is 28.5 Å². The third-order valence-electron chi connectivity index (χ3n) is 18.6. The van der Waals surface area contributed by atoms with Crippen LogP contribution in [0.5, 0.6) is 0 Å². The van der Waals surface area contributed by atoms with Gasteiger partial charge in [-0.15, -0.1) is 0 Å². The van der Waals surface area contributed by atoms with E-state index in [1.165, 1.54) is 64.2 Å². The summed E-state index contributed by atoms with van der Waals surface area (Å²) in [7, 11) is 0. The number of hydrogen-bond acceptors (Lipinski definition) is 7. The van der Waals surface area contributed by atoms with Gasteiger partial charge in [-0.05, 0) is 186 Å². The Morgan fingerprint density at radius 1 is 0.614 bits per heavy atom. The molecule has 0 aromatic heterocycles. The molecule has 14 atom stereocenters. The van der Waals surface area contributed by atoms with E-state index in [1.807, 2.05) is 13.8 Å². The van der Waals surface area contributed by atoms with Crippen LogP contribution in [0.1, 0.15) is 178 Å². The van der Waals surface area contributed by atoms with Crippen molar-refractivity contribution < 1.29 is 34.0 Å². The molecule has 6 saturated carbocycles. The topological polar surface area (TPSA) is 102 Å². The van der Waals surface area contributed by atoms with Gasteiger partial charge in [0.05, 0.1) is 30.1 Å². The summed E-state index contributed by atoms with van der Waals surface area (Å²) in [5.41, 5.74) is -1.08. The lowest BCUT2D eigenvalue weighted by atomic mass is 9.43. The van der Waals surface area contributed by atoms with Crippen molar-refractivity contribution in [1.29, 1.82) is 0 Å². The van der Waals surface area contributed by atoms with Gasteiger partial charge >= 0.3 is 11.9 Å². The predicted molar refractivity (Wildman–Crippen MR) is 227 cm³/mol. The summed E-state index contributed by atoms with van der Waals surface area (Å²) in [4.78, 5) is 27.8. The van der Waals surface area contributed by atoms with Crippen LogP contribution in [0.4, 0.5) is 0 Å². The summed E-state index contributed by atoms with van der Waals surface area (Å²) in [5.74, 6) is 6.50. The van der Waals surface area contributed by atoms with E-state index in [0.29, 0.717) is 36.7 Å². The van der Waals surface area contributed by atoms with E-state index in [9.17, 15) is 19.8 Å². The van der Waals surface area contributed by atoms with Crippen molar-refractivity contribution in [2.75, 3.05) is 26.4 Å². The number of carbonyl (C=O) groups excluding carboxylic acids is 2. The molecule has 7 nitrogen and oxygen atoms in total. The van der Waals surface area contributed by atoms with Crippen LogP contribution in [-0.2, 0) is 23.8 Å². The molecule has 0 spiro atoms. The average molecular weight is 799 g/mol. The number of aliphatic hydroxyl groups is 2. The van der Waals surface area contributed by atoms with Crippen LogP contribution in [0.25, 0.3) is 0 Å². The van der Waals surface area contributed by atoms with Crippen LogP contribution in [-0.4, -0.2) is 60.8 Å². The monoisotopic (exact) mass is 799 g/mol. The Hall–Kier alpha value is -1.18. The molecule has 0 radical (unpaired) electrons. The molecule has 6 aliphatic rings. The molecule has 328 valence electrons. The number of rotatable bonds is 14. The van der Waals surface area contributed by atoms with E-state index in [-0.39, 0.29) is 42.6 Å². The van der Waals surface area contributed by atoms with Gasteiger partial charge in [0.1, 0.15) is 19.3 Å². The van der Waals surface area contributed by atoms with Crippen molar-refractivity contribution in [2.24, 2.45) is 86.3 Å². The Kier molecular flexibility index (Phi) is 14.1. The summed E-state index contributed by atoms with van der Waals surface area (Å²) < 4.78 is 17.9. The van der Waals surface area contributed by atoms with Gasteiger partial charge in [0, 0.05) is 0 Å². The summed E-state index contributed by atoms with van der Waals surface area (Å²) in [6.45, 7) is 23.1. The Balaban J connectivity index is 0.925. The van der Waals surface area contributed by atoms with Crippen LogP contribution >= 0.6 is 0 Å². The first-order chi connectivity index (χ1) is 26.7. The second-order valence-corrected chi connectivity index (χ2v) is 23.6. The molecule has 0 amide bonds. The standard InChI is InChI=1S/C50H86O7/c1-32(2)34-13-17-40-36(25-34)15-19-42-47(40,7)21-11-23-49(42,9)44(53)56-29-38(51)27-46(5,6)31-55-28-39(52)30-57-45(54)50(10)24-12-22-48(8)41-18-14-35(33(3)4)26-37(41)16-20-43(48)50/h32-43,51-52H,11-31H2,1-10H3. The minimum absolute atomic E-state index is 0.0132. The largest absolute Gasteiger partial charge is 0.463 e. The Morgan fingerprint density at radius 2 is 1.05 bits per heavy atom. The average Bonchev–Trinajstić information content (AvgIpc) is 3.15. The lowest BCUT2D eigenvalue weighted by Crippen LogP contribution is -2.56. The Labute approximate surface area is 348 Å². The van der Waals surface area contributed by atoms with Crippen molar-refractivity contribution in [2.45, 2.75) is 191 Å². The minimum atomic E-state index is -0.918. The summed E-state index contributed by atoms with van der Waals surface area (Å²) in [6.07, 6.45) is 17.5. The Bertz CT molecular complexity index is 1380. The normalized spacial score (nSPS) is 41.9. The lowest BCUT2D eigenvalue weighted by Gasteiger charge is -2.61. The number of hydrogen-bond donors (Lipinski definition) is 2. The third-order valence-corrected chi connectivity index (χ3v) is 18.6. The minimum Gasteiger partial charge on any atom is -0.463 e. The molecule has 0 aromatic rings. The van der Waals surface area contributed by atoms with Crippen molar-refractivity contribution in [3.8, 4) is 0 Å². The number of carbonyl (C=O) groups is 2. The van der Waals surface area contributed by atoms with Crippen LogP contribution in [0.2, 0.25) is 0 Å². The van der Waals surface area contributed by atoms with E-state index >= 15 is 0 Å². The van der Waals surface area contributed by atoms with Crippen LogP contribution in [0.3, 0.4) is 0 Å². The molecule has 6 rings (SSSR count). The molecule has 7 heteroatoms. The molecule has 14 unspecified atom stereocenters. The van der Waals surface area contributed by atoms with Crippen molar-refractivity contribution >= 4 is 11.9 Å². The van der Waals surface area contributed by atoms with Crippen LogP contribution in [0.15, 0.2) is 0 Å². The number of fused-ring (bicyclic) bond motifs is 6. The van der Waals surface area contributed by atoms with Gasteiger partial charge in [-0.1, -0.05) is 68.2 Å². The molecular formula is C50H86O7. The number of ether oxygens (including phenoxy) is 3. The molecule has 57 heavy (non-hydrogen) atoms. The maximum atomic E-state index is 13.9. The highest BCUT2D eigenvalue weighted by molar-refractivity contribution is 5.77. The SMILES string of the molecule is CC(C)C1CCC2C(CCC3C(C)(C(=O)OCC(O)COCC(C)(C)CC(O)COC(=O)C4(C)CCCC5(C)C6CCC(C(C)C)CC6CCC45)CCCC23C)C1. The van der Waals surface area contributed by atoms with Gasteiger partial charge in [-0.3, -0.25) is 9.59 Å². The fourth-order valence-corrected chi connectivity index (χ4v) is 15.4. The molecule has 0 saturated heterocycles. The van der Waals surface area contributed by atoms with Gasteiger partial charge in [-0.25, -0.2) is 0 Å². The van der Waals surface area contributed by atoms with E-state index in [0.717, 1.165) is 74.0 Å². The molecule has 0 bridgehead atoms. The fourth-order valence-electron chi connectivity index (χ4n) is 15.4. The van der Waals surface area contributed by atoms with Crippen molar-refractivity contribution in [3.05, 3.63) is 0 Å². The quantitative estimate of drug-likeness (QED) is 0.169. The molecular weight excluding hydrogens is 713 g/mol. The number of aliphatic hydroxyl groups excluding tert-OH is 2. The third kappa shape index (κ3) is 9.22. The molecule has 0 aromatic carbocycles. The van der Waals surface area contributed by atoms with Gasteiger partial charge in [-0.2, -0.15) is 0 Å². The maximum Gasteiger partial charge on any atom is 0.312 e. The first kappa shape index (κ1) is 45.3. The Morgan fingerprint density at radius 3 is 1.49 bits per heavy atom. The molecule has 0 heterocycles. The van der Waals surface area contributed by atoms with Crippen LogP contribution in [0, 0.1) is 86.3 Å². The zero-order chi connectivity index (χ0) is 41.6. The lowest BCUT2D eigenvalue weighted by molar-refractivity contribution is -0.182.